The Kier molecular flexibility index (Phi) is 4.66. The van der Waals surface area contributed by atoms with Gasteiger partial charge >= 0.3 is 0 Å². The number of rotatable bonds is 4. The van der Waals surface area contributed by atoms with E-state index < -0.39 is 0 Å². The van der Waals surface area contributed by atoms with Crippen LogP contribution < -0.4 is 17.2 Å². The standard InChI is InChI=1S/C12H12Cl2N6O/c13-8-2-1-6(3-9(8)14)5-21-18-4-7-10(15)19-12(17)20-11(7)16/h1-4H,5H2,(H6,15,16,17,19,20)/b18-4+. The van der Waals surface area contributed by atoms with Crippen LogP contribution in [0.5, 0.6) is 0 Å². The van der Waals surface area contributed by atoms with Crippen molar-refractivity contribution in [3.8, 4) is 0 Å². The highest BCUT2D eigenvalue weighted by Crippen LogP contribution is 2.23. The second-order valence-electron chi connectivity index (χ2n) is 4.02. The van der Waals surface area contributed by atoms with Gasteiger partial charge in [0.15, 0.2) is 0 Å². The number of hydrogen-bond donors (Lipinski definition) is 3. The van der Waals surface area contributed by atoms with Crippen LogP contribution in [0.3, 0.4) is 0 Å². The van der Waals surface area contributed by atoms with Gasteiger partial charge in [0.25, 0.3) is 0 Å². The zero-order chi connectivity index (χ0) is 15.4. The predicted octanol–water partition coefficient (Wildman–Crippen LogP) is 2.08. The van der Waals surface area contributed by atoms with E-state index in [1.165, 1.54) is 6.21 Å². The molecule has 0 atom stereocenters. The van der Waals surface area contributed by atoms with Gasteiger partial charge in [-0.3, -0.25) is 0 Å². The molecule has 2 rings (SSSR count). The third kappa shape index (κ3) is 3.87. The monoisotopic (exact) mass is 326 g/mol. The van der Waals surface area contributed by atoms with Crippen LogP contribution in [0.4, 0.5) is 17.6 Å². The van der Waals surface area contributed by atoms with Crippen LogP contribution in [0.1, 0.15) is 11.1 Å². The minimum Gasteiger partial charge on any atom is -0.391 e. The van der Waals surface area contributed by atoms with Crippen LogP contribution in [0.15, 0.2) is 23.4 Å². The highest BCUT2D eigenvalue weighted by Gasteiger charge is 2.06. The normalized spacial score (nSPS) is 11.0. The van der Waals surface area contributed by atoms with E-state index in [0.29, 0.717) is 15.6 Å². The van der Waals surface area contributed by atoms with Crippen molar-refractivity contribution in [1.29, 1.82) is 0 Å². The van der Waals surface area contributed by atoms with Crippen molar-refractivity contribution in [3.05, 3.63) is 39.4 Å². The van der Waals surface area contributed by atoms with Gasteiger partial charge in [0.1, 0.15) is 18.2 Å². The highest BCUT2D eigenvalue weighted by atomic mass is 35.5. The Balaban J connectivity index is 2.01. The zero-order valence-electron chi connectivity index (χ0n) is 10.8. The molecule has 0 amide bonds. The van der Waals surface area contributed by atoms with Crippen molar-refractivity contribution >= 4 is 47.0 Å². The molecule has 2 aromatic rings. The van der Waals surface area contributed by atoms with E-state index in [9.17, 15) is 0 Å². The number of oxime groups is 1. The Morgan fingerprint density at radius 2 is 1.76 bits per heavy atom. The van der Waals surface area contributed by atoms with Crippen molar-refractivity contribution in [2.75, 3.05) is 17.2 Å². The average Bonchev–Trinajstić information content (AvgIpc) is 2.40. The number of halogens is 2. The molecule has 0 aliphatic heterocycles. The molecule has 110 valence electrons. The Morgan fingerprint density at radius 1 is 1.10 bits per heavy atom. The van der Waals surface area contributed by atoms with Gasteiger partial charge in [0.2, 0.25) is 5.95 Å². The van der Waals surface area contributed by atoms with Crippen molar-refractivity contribution in [2.24, 2.45) is 5.16 Å². The second kappa shape index (κ2) is 6.47. The highest BCUT2D eigenvalue weighted by molar-refractivity contribution is 6.42. The Bertz CT molecular complexity index is 668. The van der Waals surface area contributed by atoms with Gasteiger partial charge in [-0.1, -0.05) is 34.4 Å². The molecular formula is C12H12Cl2N6O. The molecule has 1 heterocycles. The molecule has 0 saturated heterocycles. The number of hydrogen-bond acceptors (Lipinski definition) is 7. The molecule has 7 nitrogen and oxygen atoms in total. The minimum absolute atomic E-state index is 0.00104. The van der Waals surface area contributed by atoms with E-state index in [0.717, 1.165) is 5.56 Å². The number of nitrogen functional groups attached to an aromatic ring is 3. The smallest absolute Gasteiger partial charge is 0.223 e. The fraction of sp³-hybridized carbons (Fsp3) is 0.0833. The first-order valence-corrected chi connectivity index (χ1v) is 6.50. The van der Waals surface area contributed by atoms with Crippen molar-refractivity contribution in [1.82, 2.24) is 9.97 Å². The minimum atomic E-state index is -0.00104. The summed E-state index contributed by atoms with van der Waals surface area (Å²) in [5.41, 5.74) is 17.9. The third-order valence-electron chi connectivity index (χ3n) is 2.49. The molecule has 0 aliphatic rings. The SMILES string of the molecule is Nc1nc(N)c(/C=N/OCc2ccc(Cl)c(Cl)c2)c(N)n1. The second-order valence-corrected chi connectivity index (χ2v) is 4.84. The summed E-state index contributed by atoms with van der Waals surface area (Å²) in [4.78, 5) is 12.7. The van der Waals surface area contributed by atoms with E-state index in [1.807, 2.05) is 0 Å². The van der Waals surface area contributed by atoms with Crippen molar-refractivity contribution in [2.45, 2.75) is 6.61 Å². The molecule has 0 aliphatic carbocycles. The first kappa shape index (κ1) is 15.1. The quantitative estimate of drug-likeness (QED) is 0.583. The van der Waals surface area contributed by atoms with Gasteiger partial charge in [-0.25, -0.2) is 0 Å². The maximum atomic E-state index is 5.89. The molecule has 1 aromatic carbocycles. The summed E-state index contributed by atoms with van der Waals surface area (Å²) in [5.74, 6) is 0.252. The molecule has 0 fully saturated rings. The zero-order valence-corrected chi connectivity index (χ0v) is 12.3. The van der Waals surface area contributed by atoms with E-state index in [4.69, 9.17) is 45.2 Å². The van der Waals surface area contributed by atoms with Crippen LogP contribution in [0.2, 0.25) is 10.0 Å². The molecule has 6 N–H and O–H groups in total. The van der Waals surface area contributed by atoms with Crippen LogP contribution in [0.25, 0.3) is 0 Å². The van der Waals surface area contributed by atoms with E-state index in [2.05, 4.69) is 15.1 Å². The molecule has 1 aromatic heterocycles. The summed E-state index contributed by atoms with van der Waals surface area (Å²) >= 11 is 11.7. The van der Waals surface area contributed by atoms with Crippen LogP contribution in [-0.4, -0.2) is 16.2 Å². The third-order valence-corrected chi connectivity index (χ3v) is 3.23. The average molecular weight is 327 g/mol. The first-order chi connectivity index (χ1) is 9.97. The van der Waals surface area contributed by atoms with Crippen LogP contribution >= 0.6 is 23.2 Å². The summed E-state index contributed by atoms with van der Waals surface area (Å²) in [6.07, 6.45) is 1.32. The van der Waals surface area contributed by atoms with Crippen LogP contribution in [-0.2, 0) is 11.4 Å². The summed E-state index contributed by atoms with van der Waals surface area (Å²) in [6.45, 7) is 0.211. The summed E-state index contributed by atoms with van der Waals surface area (Å²) < 4.78 is 0. The topological polar surface area (TPSA) is 125 Å². The molecule has 21 heavy (non-hydrogen) atoms. The molecule has 0 saturated carbocycles. The Labute approximate surface area is 130 Å². The van der Waals surface area contributed by atoms with E-state index in [-0.39, 0.29) is 24.2 Å². The van der Waals surface area contributed by atoms with Gasteiger partial charge in [-0.2, -0.15) is 9.97 Å². The molecule has 0 bridgehead atoms. The van der Waals surface area contributed by atoms with E-state index >= 15 is 0 Å². The fourth-order valence-corrected chi connectivity index (χ4v) is 1.81. The predicted molar refractivity (Wildman–Crippen MR) is 84.1 cm³/mol. The molecule has 0 unspecified atom stereocenters. The van der Waals surface area contributed by atoms with Gasteiger partial charge in [0, 0.05) is 0 Å². The lowest BCUT2D eigenvalue weighted by molar-refractivity contribution is 0.132. The van der Waals surface area contributed by atoms with Gasteiger partial charge in [-0.15, -0.1) is 0 Å². The number of nitrogens with two attached hydrogens (primary N) is 3. The summed E-state index contributed by atoms with van der Waals surface area (Å²) in [6, 6.07) is 5.14. The molecule has 9 heteroatoms. The van der Waals surface area contributed by atoms with Crippen molar-refractivity contribution < 1.29 is 4.84 Å². The lowest BCUT2D eigenvalue weighted by Gasteiger charge is -2.04. The first-order valence-electron chi connectivity index (χ1n) is 5.75. The van der Waals surface area contributed by atoms with E-state index in [1.54, 1.807) is 18.2 Å². The lowest BCUT2D eigenvalue weighted by Crippen LogP contribution is -2.08. The van der Waals surface area contributed by atoms with Gasteiger partial charge < -0.3 is 22.0 Å². The Morgan fingerprint density at radius 3 is 2.38 bits per heavy atom. The molecule has 0 spiro atoms. The van der Waals surface area contributed by atoms with Gasteiger partial charge in [0.05, 0.1) is 21.8 Å². The molecule has 0 radical (unpaired) electrons. The Hall–Kier alpha value is -2.25. The summed E-state index contributed by atoms with van der Waals surface area (Å²) in [7, 11) is 0. The van der Waals surface area contributed by atoms with Crippen molar-refractivity contribution in [3.63, 3.8) is 0 Å². The number of anilines is 3. The number of benzene rings is 1. The lowest BCUT2D eigenvalue weighted by atomic mass is 10.2. The van der Waals surface area contributed by atoms with Crippen LogP contribution in [0, 0.1) is 0 Å². The number of nitrogens with zero attached hydrogens (tertiary/aromatic N) is 3. The fourth-order valence-electron chi connectivity index (χ4n) is 1.49. The van der Waals surface area contributed by atoms with Gasteiger partial charge in [-0.05, 0) is 17.7 Å². The molecular weight excluding hydrogens is 315 g/mol. The maximum absolute atomic E-state index is 5.89. The largest absolute Gasteiger partial charge is 0.391 e. The number of aromatic nitrogens is 2. The maximum Gasteiger partial charge on any atom is 0.223 e. The summed E-state index contributed by atoms with van der Waals surface area (Å²) in [5, 5.41) is 4.68.